The fourth-order valence-electron chi connectivity index (χ4n) is 1.83. The second-order valence-corrected chi connectivity index (χ2v) is 6.62. The van der Waals surface area contributed by atoms with E-state index in [-0.39, 0.29) is 0 Å². The number of urea groups is 1. The van der Waals surface area contributed by atoms with E-state index in [2.05, 4.69) is 21.2 Å². The van der Waals surface area contributed by atoms with E-state index in [9.17, 15) is 9.59 Å². The van der Waals surface area contributed by atoms with Crippen molar-refractivity contribution in [2.24, 2.45) is 0 Å². The summed E-state index contributed by atoms with van der Waals surface area (Å²) in [5, 5.41) is 12.3. The van der Waals surface area contributed by atoms with Crippen LogP contribution >= 0.6 is 39.3 Å². The van der Waals surface area contributed by atoms with Crippen LogP contribution in [0.3, 0.4) is 0 Å². The first-order chi connectivity index (χ1) is 9.49. The summed E-state index contributed by atoms with van der Waals surface area (Å²) in [4.78, 5) is 24.7. The van der Waals surface area contributed by atoms with Gasteiger partial charge >= 0.3 is 12.0 Å². The molecule has 1 heterocycles. The van der Waals surface area contributed by atoms with Crippen molar-refractivity contribution in [3.05, 3.63) is 27.7 Å². The van der Waals surface area contributed by atoms with E-state index in [1.54, 1.807) is 18.2 Å². The molecule has 0 spiro atoms. The van der Waals surface area contributed by atoms with Gasteiger partial charge in [0.1, 0.15) is 6.04 Å². The average Bonchev–Trinajstić information content (AvgIpc) is 2.42. The number of carboxylic acids is 1. The molecule has 20 heavy (non-hydrogen) atoms. The maximum Gasteiger partial charge on any atom is 0.327 e. The highest BCUT2D eigenvalue weighted by atomic mass is 79.9. The highest BCUT2D eigenvalue weighted by Crippen LogP contribution is 2.27. The number of amides is 2. The number of carbonyl (C=O) groups excluding carboxylic acids is 1. The smallest absolute Gasteiger partial charge is 0.327 e. The van der Waals surface area contributed by atoms with Gasteiger partial charge in [0.15, 0.2) is 0 Å². The Balaban J connectivity index is 2.14. The number of nitrogens with zero attached hydrogens (tertiary/aromatic N) is 1. The number of rotatable bonds is 2. The summed E-state index contributed by atoms with van der Waals surface area (Å²) in [7, 11) is 0. The molecule has 0 aliphatic carbocycles. The monoisotopic (exact) mass is 378 g/mol. The van der Waals surface area contributed by atoms with Crippen LogP contribution in [0.2, 0.25) is 5.02 Å². The minimum Gasteiger partial charge on any atom is -0.480 e. The van der Waals surface area contributed by atoms with Crippen LogP contribution < -0.4 is 5.32 Å². The molecule has 1 saturated heterocycles. The third-order valence-electron chi connectivity index (χ3n) is 2.84. The largest absolute Gasteiger partial charge is 0.480 e. The van der Waals surface area contributed by atoms with Gasteiger partial charge in [-0.05, 0) is 34.1 Å². The molecule has 0 radical (unpaired) electrons. The number of aliphatic carboxylic acids is 1. The molecule has 1 aliphatic rings. The molecule has 108 valence electrons. The molecule has 2 N–H and O–H groups in total. The molecule has 1 aliphatic heterocycles. The Morgan fingerprint density at radius 1 is 1.50 bits per heavy atom. The van der Waals surface area contributed by atoms with Crippen LogP contribution in [0.25, 0.3) is 0 Å². The van der Waals surface area contributed by atoms with Crippen molar-refractivity contribution >= 4 is 57.0 Å². The van der Waals surface area contributed by atoms with Crippen molar-refractivity contribution in [3.63, 3.8) is 0 Å². The first-order valence-corrected chi connectivity index (χ1v) is 8.15. The van der Waals surface area contributed by atoms with Crippen LogP contribution in [0.15, 0.2) is 22.7 Å². The number of thioether (sulfide) groups is 1. The number of nitrogens with one attached hydrogen (secondary N) is 1. The van der Waals surface area contributed by atoms with Gasteiger partial charge in [0.05, 0.1) is 5.69 Å². The van der Waals surface area contributed by atoms with Crippen molar-refractivity contribution in [2.75, 3.05) is 23.4 Å². The summed E-state index contributed by atoms with van der Waals surface area (Å²) < 4.78 is 0.688. The zero-order chi connectivity index (χ0) is 14.7. The van der Waals surface area contributed by atoms with E-state index in [0.29, 0.717) is 27.5 Å². The number of carboxylic acid groups (broad SMARTS) is 1. The molecule has 2 amide bonds. The number of hydrogen-bond donors (Lipinski definition) is 2. The van der Waals surface area contributed by atoms with Gasteiger partial charge in [-0.3, -0.25) is 0 Å². The highest BCUT2D eigenvalue weighted by Gasteiger charge is 2.32. The van der Waals surface area contributed by atoms with Gasteiger partial charge in [-0.15, -0.1) is 0 Å². The molecule has 0 saturated carbocycles. The average molecular weight is 380 g/mol. The standard InChI is InChI=1S/C12H12BrClN2O3S/c13-8-2-1-7(14)5-9(8)15-12(19)16-3-4-20-6-10(16)11(17)18/h1-2,5,10H,3-4,6H2,(H,15,19)(H,17,18). The Labute approximate surface area is 133 Å². The summed E-state index contributed by atoms with van der Waals surface area (Å²) in [5.74, 6) is 0.144. The molecular weight excluding hydrogens is 368 g/mol. The first-order valence-electron chi connectivity index (χ1n) is 5.82. The predicted molar refractivity (Wildman–Crippen MR) is 83.6 cm³/mol. The normalized spacial score (nSPS) is 18.7. The van der Waals surface area contributed by atoms with Gasteiger partial charge in [0.2, 0.25) is 0 Å². The van der Waals surface area contributed by atoms with Gasteiger partial charge in [-0.2, -0.15) is 11.8 Å². The minimum absolute atomic E-state index is 0.402. The maximum atomic E-state index is 12.2. The van der Waals surface area contributed by atoms with Gasteiger partial charge in [-0.25, -0.2) is 9.59 Å². The van der Waals surface area contributed by atoms with Crippen molar-refractivity contribution in [1.82, 2.24) is 4.90 Å². The second kappa shape index (κ2) is 6.69. The lowest BCUT2D eigenvalue weighted by molar-refractivity contribution is -0.141. The quantitative estimate of drug-likeness (QED) is 0.828. The van der Waals surface area contributed by atoms with Crippen LogP contribution in [0.5, 0.6) is 0 Å². The van der Waals surface area contributed by atoms with Crippen molar-refractivity contribution in [2.45, 2.75) is 6.04 Å². The summed E-state index contributed by atoms with van der Waals surface area (Å²) in [6.07, 6.45) is 0. The number of halogens is 2. The van der Waals surface area contributed by atoms with Crippen molar-refractivity contribution in [1.29, 1.82) is 0 Å². The highest BCUT2D eigenvalue weighted by molar-refractivity contribution is 9.10. The molecule has 0 bridgehead atoms. The fourth-order valence-corrected chi connectivity index (χ4v) is 3.39. The second-order valence-electron chi connectivity index (χ2n) is 4.18. The van der Waals surface area contributed by atoms with Crippen molar-refractivity contribution < 1.29 is 14.7 Å². The molecule has 5 nitrogen and oxygen atoms in total. The third-order valence-corrected chi connectivity index (χ3v) is 4.79. The van der Waals surface area contributed by atoms with E-state index in [4.69, 9.17) is 16.7 Å². The van der Waals surface area contributed by atoms with E-state index in [0.717, 1.165) is 5.75 Å². The summed E-state index contributed by atoms with van der Waals surface area (Å²) >= 11 is 10.7. The topological polar surface area (TPSA) is 69.6 Å². The number of benzene rings is 1. The molecule has 8 heteroatoms. The Morgan fingerprint density at radius 3 is 2.95 bits per heavy atom. The van der Waals surface area contributed by atoms with Gasteiger partial charge in [0, 0.05) is 27.5 Å². The van der Waals surface area contributed by atoms with Crippen LogP contribution in [0.4, 0.5) is 10.5 Å². The van der Waals surface area contributed by atoms with Crippen LogP contribution in [-0.4, -0.2) is 46.1 Å². The minimum atomic E-state index is -0.988. The summed E-state index contributed by atoms with van der Waals surface area (Å²) in [6, 6.07) is 3.79. The zero-order valence-electron chi connectivity index (χ0n) is 10.3. The molecule has 1 atom stereocenters. The number of carbonyl (C=O) groups is 2. The summed E-state index contributed by atoms with van der Waals surface area (Å²) in [5.41, 5.74) is 0.518. The predicted octanol–water partition coefficient (Wildman–Crippen LogP) is 3.14. The van der Waals surface area contributed by atoms with Crippen LogP contribution in [0, 0.1) is 0 Å². The van der Waals surface area contributed by atoms with Gasteiger partial charge in [0.25, 0.3) is 0 Å². The molecule has 1 fully saturated rings. The zero-order valence-corrected chi connectivity index (χ0v) is 13.5. The van der Waals surface area contributed by atoms with E-state index >= 15 is 0 Å². The van der Waals surface area contributed by atoms with Crippen molar-refractivity contribution in [3.8, 4) is 0 Å². The molecule has 2 rings (SSSR count). The van der Waals surface area contributed by atoms with Gasteiger partial charge < -0.3 is 15.3 Å². The van der Waals surface area contributed by atoms with E-state index in [1.165, 1.54) is 16.7 Å². The lowest BCUT2D eigenvalue weighted by Gasteiger charge is -2.32. The van der Waals surface area contributed by atoms with Crippen LogP contribution in [0.1, 0.15) is 0 Å². The molecule has 1 aromatic rings. The molecule has 1 unspecified atom stereocenters. The third kappa shape index (κ3) is 3.59. The van der Waals surface area contributed by atoms with E-state index < -0.39 is 18.0 Å². The molecular formula is C12H12BrClN2O3S. The SMILES string of the molecule is O=C(O)C1CSCCN1C(=O)Nc1cc(Cl)ccc1Br. The maximum absolute atomic E-state index is 12.2. The number of hydrogen-bond acceptors (Lipinski definition) is 3. The Kier molecular flexibility index (Phi) is 5.17. The first kappa shape index (κ1) is 15.5. The van der Waals surface area contributed by atoms with E-state index in [1.807, 2.05) is 0 Å². The Morgan fingerprint density at radius 2 is 2.25 bits per heavy atom. The fraction of sp³-hybridized carbons (Fsp3) is 0.333. The lowest BCUT2D eigenvalue weighted by Crippen LogP contribution is -2.51. The lowest BCUT2D eigenvalue weighted by atomic mass is 10.3. The Bertz CT molecular complexity index is 543. The number of anilines is 1. The van der Waals surface area contributed by atoms with Crippen LogP contribution in [-0.2, 0) is 4.79 Å². The molecule has 1 aromatic carbocycles. The summed E-state index contributed by atoms with van der Waals surface area (Å²) in [6.45, 7) is 0.408. The Hall–Kier alpha value is -0.920. The molecule has 0 aromatic heterocycles. The van der Waals surface area contributed by atoms with Gasteiger partial charge in [-0.1, -0.05) is 11.6 Å².